The molecule has 0 fully saturated rings. The van der Waals surface area contributed by atoms with Gasteiger partial charge in [-0.3, -0.25) is 0 Å². The summed E-state index contributed by atoms with van der Waals surface area (Å²) in [4.78, 5) is 4.27. The van der Waals surface area contributed by atoms with E-state index in [9.17, 15) is 0 Å². The Bertz CT molecular complexity index is 541. The summed E-state index contributed by atoms with van der Waals surface area (Å²) >= 11 is 12.1. The Hall–Kier alpha value is -1.45. The van der Waals surface area contributed by atoms with Crippen molar-refractivity contribution < 1.29 is 4.74 Å². The molecule has 0 bridgehead atoms. The SMILES string of the molecule is CCNc1ncccc1COc1c(Cl)cccc1Cl. The molecule has 0 saturated heterocycles. The maximum absolute atomic E-state index is 6.06. The van der Waals surface area contributed by atoms with E-state index in [0.29, 0.717) is 22.4 Å². The smallest absolute Gasteiger partial charge is 0.156 e. The standard InChI is InChI=1S/C14H14Cl2N2O/c1-2-17-14-10(5-4-8-18-14)9-19-13-11(15)6-3-7-12(13)16/h3-8H,2,9H2,1H3,(H,17,18). The normalized spacial score (nSPS) is 10.3. The van der Waals surface area contributed by atoms with Crippen molar-refractivity contribution in [3.05, 3.63) is 52.1 Å². The molecule has 0 spiro atoms. The summed E-state index contributed by atoms with van der Waals surface area (Å²) in [5, 5.41) is 4.19. The lowest BCUT2D eigenvalue weighted by Crippen LogP contribution is -2.05. The quantitative estimate of drug-likeness (QED) is 0.888. The van der Waals surface area contributed by atoms with Crippen LogP contribution in [0.1, 0.15) is 12.5 Å². The van der Waals surface area contributed by atoms with Crippen LogP contribution in [-0.2, 0) is 6.61 Å². The van der Waals surface area contributed by atoms with Crippen LogP contribution in [0.5, 0.6) is 5.75 Å². The maximum Gasteiger partial charge on any atom is 0.156 e. The average molecular weight is 297 g/mol. The van der Waals surface area contributed by atoms with Gasteiger partial charge in [0.25, 0.3) is 0 Å². The van der Waals surface area contributed by atoms with Gasteiger partial charge in [-0.1, -0.05) is 35.3 Å². The Morgan fingerprint density at radius 1 is 1.16 bits per heavy atom. The first kappa shape index (κ1) is 14.0. The molecule has 5 heteroatoms. The van der Waals surface area contributed by atoms with Gasteiger partial charge in [0.15, 0.2) is 5.75 Å². The number of hydrogen-bond donors (Lipinski definition) is 1. The van der Waals surface area contributed by atoms with Crippen LogP contribution in [-0.4, -0.2) is 11.5 Å². The Morgan fingerprint density at radius 3 is 2.58 bits per heavy atom. The number of para-hydroxylation sites is 1. The van der Waals surface area contributed by atoms with Gasteiger partial charge in [-0.05, 0) is 25.1 Å². The molecule has 0 aliphatic heterocycles. The first-order chi connectivity index (χ1) is 9.22. The number of hydrogen-bond acceptors (Lipinski definition) is 3. The summed E-state index contributed by atoms with van der Waals surface area (Å²) in [6.07, 6.45) is 1.74. The van der Waals surface area contributed by atoms with Gasteiger partial charge in [-0.2, -0.15) is 0 Å². The van der Waals surface area contributed by atoms with E-state index in [1.54, 1.807) is 24.4 Å². The highest BCUT2D eigenvalue weighted by Gasteiger charge is 2.08. The summed E-state index contributed by atoms with van der Waals surface area (Å²) in [5.41, 5.74) is 0.959. The Morgan fingerprint density at radius 2 is 1.89 bits per heavy atom. The van der Waals surface area contributed by atoms with Gasteiger partial charge in [0.2, 0.25) is 0 Å². The number of nitrogens with zero attached hydrogens (tertiary/aromatic N) is 1. The van der Waals surface area contributed by atoms with E-state index in [0.717, 1.165) is 17.9 Å². The third-order valence-electron chi connectivity index (χ3n) is 2.53. The minimum atomic E-state index is 0.361. The number of anilines is 1. The number of halogens is 2. The van der Waals surface area contributed by atoms with E-state index in [2.05, 4.69) is 10.3 Å². The summed E-state index contributed by atoms with van der Waals surface area (Å²) < 4.78 is 5.70. The summed E-state index contributed by atoms with van der Waals surface area (Å²) in [5.74, 6) is 1.31. The lowest BCUT2D eigenvalue weighted by atomic mass is 10.2. The highest BCUT2D eigenvalue weighted by molar-refractivity contribution is 6.37. The molecule has 1 N–H and O–H groups in total. The zero-order valence-electron chi connectivity index (χ0n) is 10.5. The number of rotatable bonds is 5. The molecule has 19 heavy (non-hydrogen) atoms. The zero-order chi connectivity index (χ0) is 13.7. The predicted octanol–water partition coefficient (Wildman–Crippen LogP) is 4.40. The van der Waals surface area contributed by atoms with Crippen LogP contribution in [0.3, 0.4) is 0 Å². The second-order valence-electron chi connectivity index (χ2n) is 3.88. The second-order valence-corrected chi connectivity index (χ2v) is 4.70. The molecule has 0 atom stereocenters. The summed E-state index contributed by atoms with van der Waals surface area (Å²) in [6, 6.07) is 9.10. The van der Waals surface area contributed by atoms with E-state index < -0.39 is 0 Å². The molecule has 1 heterocycles. The van der Waals surface area contributed by atoms with Crippen molar-refractivity contribution in [1.29, 1.82) is 0 Å². The minimum Gasteiger partial charge on any atom is -0.486 e. The van der Waals surface area contributed by atoms with Crippen molar-refractivity contribution in [2.45, 2.75) is 13.5 Å². The van der Waals surface area contributed by atoms with Gasteiger partial charge in [-0.15, -0.1) is 0 Å². The first-order valence-corrected chi connectivity index (χ1v) is 6.72. The summed E-state index contributed by atoms with van der Waals surface area (Å²) in [7, 11) is 0. The molecule has 0 unspecified atom stereocenters. The lowest BCUT2D eigenvalue weighted by molar-refractivity contribution is 0.307. The molecule has 2 rings (SSSR count). The van der Waals surface area contributed by atoms with E-state index in [4.69, 9.17) is 27.9 Å². The molecule has 0 saturated carbocycles. The number of nitrogens with one attached hydrogen (secondary N) is 1. The van der Waals surface area contributed by atoms with Crippen molar-refractivity contribution >= 4 is 29.0 Å². The van der Waals surface area contributed by atoms with Gasteiger partial charge in [0.05, 0.1) is 10.0 Å². The Balaban J connectivity index is 2.15. The molecule has 2 aromatic rings. The van der Waals surface area contributed by atoms with Crippen LogP contribution in [0.15, 0.2) is 36.5 Å². The third-order valence-corrected chi connectivity index (χ3v) is 3.12. The lowest BCUT2D eigenvalue weighted by Gasteiger charge is -2.12. The molecule has 0 aliphatic rings. The second kappa shape index (κ2) is 6.64. The van der Waals surface area contributed by atoms with Crippen LogP contribution >= 0.6 is 23.2 Å². The van der Waals surface area contributed by atoms with Gasteiger partial charge < -0.3 is 10.1 Å². The zero-order valence-corrected chi connectivity index (χ0v) is 12.0. The molecule has 100 valence electrons. The first-order valence-electron chi connectivity index (χ1n) is 5.97. The van der Waals surface area contributed by atoms with Crippen molar-refractivity contribution in [2.75, 3.05) is 11.9 Å². The van der Waals surface area contributed by atoms with E-state index in [-0.39, 0.29) is 0 Å². The fourth-order valence-electron chi connectivity index (χ4n) is 1.65. The Kier molecular flexibility index (Phi) is 4.88. The van der Waals surface area contributed by atoms with Crippen LogP contribution < -0.4 is 10.1 Å². The van der Waals surface area contributed by atoms with Gasteiger partial charge in [0.1, 0.15) is 12.4 Å². The number of aromatic nitrogens is 1. The third kappa shape index (κ3) is 3.52. The number of ether oxygens (including phenoxy) is 1. The van der Waals surface area contributed by atoms with Crippen LogP contribution in [0, 0.1) is 0 Å². The van der Waals surface area contributed by atoms with Crippen LogP contribution in [0.2, 0.25) is 10.0 Å². The molecule has 0 aliphatic carbocycles. The summed E-state index contributed by atoms with van der Waals surface area (Å²) in [6.45, 7) is 3.18. The molecule has 0 radical (unpaired) electrons. The molecular formula is C14H14Cl2N2O. The fraction of sp³-hybridized carbons (Fsp3) is 0.214. The van der Waals surface area contributed by atoms with E-state index in [1.807, 2.05) is 19.1 Å². The van der Waals surface area contributed by atoms with Gasteiger partial charge in [0, 0.05) is 18.3 Å². The average Bonchev–Trinajstić information content (AvgIpc) is 2.40. The minimum absolute atomic E-state index is 0.361. The Labute approximate surface area is 122 Å². The fourth-order valence-corrected chi connectivity index (χ4v) is 2.16. The van der Waals surface area contributed by atoms with Crippen molar-refractivity contribution in [2.24, 2.45) is 0 Å². The maximum atomic E-state index is 6.06. The molecule has 1 aromatic carbocycles. The highest BCUT2D eigenvalue weighted by Crippen LogP contribution is 2.33. The van der Waals surface area contributed by atoms with Crippen molar-refractivity contribution in [1.82, 2.24) is 4.98 Å². The molecule has 1 aromatic heterocycles. The van der Waals surface area contributed by atoms with E-state index >= 15 is 0 Å². The molecular weight excluding hydrogens is 283 g/mol. The van der Waals surface area contributed by atoms with Crippen molar-refractivity contribution in [3.8, 4) is 5.75 Å². The number of benzene rings is 1. The van der Waals surface area contributed by atoms with Gasteiger partial charge >= 0.3 is 0 Å². The van der Waals surface area contributed by atoms with Crippen LogP contribution in [0.4, 0.5) is 5.82 Å². The predicted molar refractivity (Wildman–Crippen MR) is 79.2 cm³/mol. The number of pyridine rings is 1. The van der Waals surface area contributed by atoms with E-state index in [1.165, 1.54) is 0 Å². The van der Waals surface area contributed by atoms with Crippen LogP contribution in [0.25, 0.3) is 0 Å². The largest absolute Gasteiger partial charge is 0.486 e. The van der Waals surface area contributed by atoms with Gasteiger partial charge in [-0.25, -0.2) is 4.98 Å². The monoisotopic (exact) mass is 296 g/mol. The molecule has 0 amide bonds. The molecule has 3 nitrogen and oxygen atoms in total. The highest BCUT2D eigenvalue weighted by atomic mass is 35.5. The van der Waals surface area contributed by atoms with Crippen molar-refractivity contribution in [3.63, 3.8) is 0 Å². The topological polar surface area (TPSA) is 34.2 Å².